The Labute approximate surface area is 99.0 Å². The molecule has 1 fully saturated rings. The summed E-state index contributed by atoms with van der Waals surface area (Å²) in [7, 11) is 0. The molecule has 1 heterocycles. The van der Waals surface area contributed by atoms with Crippen molar-refractivity contribution in [3.05, 3.63) is 22.6 Å². The van der Waals surface area contributed by atoms with Crippen LogP contribution < -0.4 is 16.2 Å². The monoisotopic (exact) mass is 236 g/mol. The Morgan fingerprint density at radius 3 is 2.94 bits per heavy atom. The van der Waals surface area contributed by atoms with E-state index in [1.807, 2.05) is 6.92 Å². The van der Waals surface area contributed by atoms with E-state index >= 15 is 0 Å². The van der Waals surface area contributed by atoms with Crippen molar-refractivity contribution < 1.29 is 4.79 Å². The zero-order chi connectivity index (χ0) is 12.3. The number of carbonyl (C=O) groups is 1. The van der Waals surface area contributed by atoms with E-state index in [2.05, 4.69) is 15.7 Å². The molecular formula is C11H16N4O2. The molecule has 1 saturated carbocycles. The van der Waals surface area contributed by atoms with Crippen LogP contribution in [0.5, 0.6) is 0 Å². The highest BCUT2D eigenvalue weighted by molar-refractivity contribution is 5.76. The second-order valence-corrected chi connectivity index (χ2v) is 4.11. The fourth-order valence-electron chi connectivity index (χ4n) is 1.49. The largest absolute Gasteiger partial charge is 0.384 e. The number of hydrogen-bond acceptors (Lipinski definition) is 4. The van der Waals surface area contributed by atoms with Gasteiger partial charge in [-0.25, -0.2) is 4.68 Å². The minimum atomic E-state index is -0.269. The molecule has 0 aliphatic heterocycles. The number of amides is 1. The summed E-state index contributed by atoms with van der Waals surface area (Å²) in [6.45, 7) is 2.66. The Bertz CT molecular complexity index is 465. The number of carbonyl (C=O) groups excluding carboxylic acids is 1. The predicted octanol–water partition coefficient (Wildman–Crippen LogP) is -0.0463. The van der Waals surface area contributed by atoms with Crippen LogP contribution in [0.3, 0.4) is 0 Å². The number of aromatic nitrogens is 2. The first-order valence-corrected chi connectivity index (χ1v) is 5.79. The molecule has 0 radical (unpaired) electrons. The van der Waals surface area contributed by atoms with Gasteiger partial charge in [-0.1, -0.05) is 0 Å². The molecule has 0 aromatic carbocycles. The number of rotatable bonds is 5. The highest BCUT2D eigenvalue weighted by Crippen LogP contribution is 2.18. The van der Waals surface area contributed by atoms with Crippen molar-refractivity contribution in [2.24, 2.45) is 0 Å². The predicted molar refractivity (Wildman–Crippen MR) is 63.8 cm³/mol. The van der Waals surface area contributed by atoms with Gasteiger partial charge in [0.2, 0.25) is 5.91 Å². The molecule has 6 nitrogen and oxygen atoms in total. The third kappa shape index (κ3) is 3.30. The summed E-state index contributed by atoms with van der Waals surface area (Å²) in [5.74, 6) is -0.154. The average molecular weight is 236 g/mol. The van der Waals surface area contributed by atoms with Crippen molar-refractivity contribution in [2.45, 2.75) is 32.4 Å². The summed E-state index contributed by atoms with van der Waals surface area (Å²) < 4.78 is 1.17. The smallest absolute Gasteiger partial charge is 0.269 e. The fourth-order valence-corrected chi connectivity index (χ4v) is 1.49. The van der Waals surface area contributed by atoms with Crippen LogP contribution in [-0.4, -0.2) is 28.3 Å². The molecule has 1 aliphatic carbocycles. The van der Waals surface area contributed by atoms with E-state index in [0.29, 0.717) is 11.7 Å². The summed E-state index contributed by atoms with van der Waals surface area (Å²) in [6.07, 6.45) is 3.62. The van der Waals surface area contributed by atoms with E-state index in [-0.39, 0.29) is 18.0 Å². The molecule has 92 valence electrons. The molecule has 2 N–H and O–H groups in total. The van der Waals surface area contributed by atoms with E-state index in [0.717, 1.165) is 19.4 Å². The fraction of sp³-hybridized carbons (Fsp3) is 0.545. The molecule has 2 rings (SSSR count). The van der Waals surface area contributed by atoms with E-state index in [9.17, 15) is 9.59 Å². The van der Waals surface area contributed by atoms with Gasteiger partial charge in [0.1, 0.15) is 6.54 Å². The van der Waals surface area contributed by atoms with Gasteiger partial charge in [-0.2, -0.15) is 5.10 Å². The van der Waals surface area contributed by atoms with Crippen molar-refractivity contribution >= 4 is 11.6 Å². The van der Waals surface area contributed by atoms with Gasteiger partial charge in [0, 0.05) is 18.7 Å². The minimum Gasteiger partial charge on any atom is -0.384 e. The SMILES string of the molecule is CCNc1cnn(CC(=O)NC2CC2)c(=O)c1. The molecule has 0 atom stereocenters. The third-order valence-corrected chi connectivity index (χ3v) is 2.49. The Kier molecular flexibility index (Phi) is 3.41. The Morgan fingerprint density at radius 2 is 2.35 bits per heavy atom. The normalized spacial score (nSPS) is 14.4. The van der Waals surface area contributed by atoms with Crippen LogP contribution in [0.25, 0.3) is 0 Å². The molecule has 1 aromatic heterocycles. The van der Waals surface area contributed by atoms with Crippen molar-refractivity contribution in [2.75, 3.05) is 11.9 Å². The minimum absolute atomic E-state index is 0.0122. The second-order valence-electron chi connectivity index (χ2n) is 4.11. The number of anilines is 1. The van der Waals surface area contributed by atoms with Crippen LogP contribution in [0.1, 0.15) is 19.8 Å². The highest BCUT2D eigenvalue weighted by Gasteiger charge is 2.23. The van der Waals surface area contributed by atoms with Crippen LogP contribution in [-0.2, 0) is 11.3 Å². The molecule has 0 saturated heterocycles. The summed E-state index contributed by atoms with van der Waals surface area (Å²) >= 11 is 0. The van der Waals surface area contributed by atoms with Crippen LogP contribution >= 0.6 is 0 Å². The van der Waals surface area contributed by atoms with Gasteiger partial charge < -0.3 is 10.6 Å². The van der Waals surface area contributed by atoms with Crippen molar-refractivity contribution in [1.29, 1.82) is 0 Å². The van der Waals surface area contributed by atoms with Gasteiger partial charge in [-0.3, -0.25) is 9.59 Å². The van der Waals surface area contributed by atoms with E-state index < -0.39 is 0 Å². The van der Waals surface area contributed by atoms with Gasteiger partial charge in [-0.05, 0) is 19.8 Å². The zero-order valence-electron chi connectivity index (χ0n) is 9.77. The quantitative estimate of drug-likeness (QED) is 0.751. The summed E-state index contributed by atoms with van der Waals surface area (Å²) in [5.41, 5.74) is 0.408. The van der Waals surface area contributed by atoms with E-state index in [1.54, 1.807) is 6.20 Å². The van der Waals surface area contributed by atoms with Crippen molar-refractivity contribution in [1.82, 2.24) is 15.1 Å². The van der Waals surface area contributed by atoms with Gasteiger partial charge in [-0.15, -0.1) is 0 Å². The average Bonchev–Trinajstić information content (AvgIpc) is 3.06. The van der Waals surface area contributed by atoms with Crippen LogP contribution in [0.4, 0.5) is 5.69 Å². The van der Waals surface area contributed by atoms with E-state index in [4.69, 9.17) is 0 Å². The first-order chi connectivity index (χ1) is 8.19. The summed E-state index contributed by atoms with van der Waals surface area (Å²) in [6, 6.07) is 1.75. The number of hydrogen-bond donors (Lipinski definition) is 2. The molecule has 0 bridgehead atoms. The van der Waals surface area contributed by atoms with Gasteiger partial charge >= 0.3 is 0 Å². The first kappa shape index (κ1) is 11.6. The lowest BCUT2D eigenvalue weighted by molar-refractivity contribution is -0.122. The number of nitrogens with one attached hydrogen (secondary N) is 2. The van der Waals surface area contributed by atoms with E-state index in [1.165, 1.54) is 10.7 Å². The topological polar surface area (TPSA) is 76.0 Å². The molecule has 1 amide bonds. The molecule has 0 unspecified atom stereocenters. The maximum absolute atomic E-state index is 11.6. The first-order valence-electron chi connectivity index (χ1n) is 5.79. The van der Waals surface area contributed by atoms with Crippen LogP contribution in [0.2, 0.25) is 0 Å². The number of nitrogens with zero attached hydrogens (tertiary/aromatic N) is 2. The molecule has 6 heteroatoms. The molecule has 1 aliphatic rings. The van der Waals surface area contributed by atoms with Gasteiger partial charge in [0.15, 0.2) is 0 Å². The molecule has 1 aromatic rings. The van der Waals surface area contributed by atoms with Crippen LogP contribution in [0, 0.1) is 0 Å². The van der Waals surface area contributed by atoms with Crippen molar-refractivity contribution in [3.63, 3.8) is 0 Å². The lowest BCUT2D eigenvalue weighted by Gasteiger charge is -2.06. The van der Waals surface area contributed by atoms with Crippen LogP contribution in [0.15, 0.2) is 17.1 Å². The summed E-state index contributed by atoms with van der Waals surface area (Å²) in [4.78, 5) is 23.1. The maximum atomic E-state index is 11.6. The van der Waals surface area contributed by atoms with Gasteiger partial charge in [0.25, 0.3) is 5.56 Å². The lowest BCUT2D eigenvalue weighted by atomic mass is 10.4. The molecular weight excluding hydrogens is 220 g/mol. The standard InChI is InChI=1S/C11H16N4O2/c1-2-12-9-5-11(17)15(13-6-9)7-10(16)14-8-3-4-8/h5-6,8,12H,2-4,7H2,1H3,(H,14,16). The van der Waals surface area contributed by atoms with Crippen molar-refractivity contribution in [3.8, 4) is 0 Å². The lowest BCUT2D eigenvalue weighted by Crippen LogP contribution is -2.34. The molecule has 0 spiro atoms. The zero-order valence-corrected chi connectivity index (χ0v) is 9.77. The Balaban J connectivity index is 2.00. The maximum Gasteiger partial charge on any atom is 0.269 e. The highest BCUT2D eigenvalue weighted by atomic mass is 16.2. The summed E-state index contributed by atoms with van der Waals surface area (Å²) in [5, 5.41) is 9.76. The Hall–Kier alpha value is -1.85. The second kappa shape index (κ2) is 4.99. The molecule has 17 heavy (non-hydrogen) atoms. The van der Waals surface area contributed by atoms with Gasteiger partial charge in [0.05, 0.1) is 11.9 Å². The third-order valence-electron chi connectivity index (χ3n) is 2.49. The Morgan fingerprint density at radius 1 is 1.59 bits per heavy atom.